The van der Waals surface area contributed by atoms with Gasteiger partial charge in [-0.15, -0.1) is 0 Å². The van der Waals surface area contributed by atoms with Gasteiger partial charge in [0.1, 0.15) is 0 Å². The van der Waals surface area contributed by atoms with Gasteiger partial charge in [0.15, 0.2) is 0 Å². The topological polar surface area (TPSA) is 35.5 Å². The van der Waals surface area contributed by atoms with Crippen LogP contribution in [0.4, 0.5) is 0 Å². The second kappa shape index (κ2) is 7.87. The summed E-state index contributed by atoms with van der Waals surface area (Å²) >= 11 is 0.511. The molecule has 0 saturated carbocycles. The summed E-state index contributed by atoms with van der Waals surface area (Å²) in [5.74, 6) is 1.22. The molecule has 2 aromatic carbocycles. The molecule has 110 valence electrons. The fourth-order valence-electron chi connectivity index (χ4n) is 1.83. The third-order valence-corrected chi connectivity index (χ3v) is 5.14. The number of carbonyl (C=O) groups excluding carboxylic acids is 1. The first-order valence-corrected chi connectivity index (χ1v) is 9.07. The molecule has 0 fully saturated rings. The number of hydrogen-bond acceptors (Lipinski definition) is 3. The van der Waals surface area contributed by atoms with E-state index in [0.717, 1.165) is 16.4 Å². The maximum absolute atomic E-state index is 10.8. The van der Waals surface area contributed by atoms with Crippen molar-refractivity contribution in [2.45, 2.75) is 17.6 Å². The Morgan fingerprint density at radius 1 is 0.905 bits per heavy atom. The van der Waals surface area contributed by atoms with Gasteiger partial charge in [-0.1, -0.05) is 0 Å². The van der Waals surface area contributed by atoms with E-state index in [1.807, 2.05) is 36.4 Å². The Morgan fingerprint density at radius 3 is 1.81 bits per heavy atom. The molecule has 2 aromatic rings. The molecule has 0 N–H and O–H groups in total. The van der Waals surface area contributed by atoms with E-state index >= 15 is 0 Å². The first kappa shape index (κ1) is 15.6. The van der Waals surface area contributed by atoms with Crippen molar-refractivity contribution in [2.24, 2.45) is 0 Å². The van der Waals surface area contributed by atoms with Gasteiger partial charge in [0, 0.05) is 0 Å². The molecule has 0 saturated heterocycles. The van der Waals surface area contributed by atoms with Gasteiger partial charge in [0.05, 0.1) is 0 Å². The Labute approximate surface area is 131 Å². The maximum atomic E-state index is 10.8. The second-order valence-corrected chi connectivity index (χ2v) is 6.65. The Morgan fingerprint density at radius 2 is 1.38 bits per heavy atom. The monoisotopic (exact) mass is 350 g/mol. The van der Waals surface area contributed by atoms with Crippen molar-refractivity contribution in [3.63, 3.8) is 0 Å². The van der Waals surface area contributed by atoms with Crippen LogP contribution in [-0.2, 0) is 15.4 Å². The van der Waals surface area contributed by atoms with Crippen LogP contribution < -0.4 is 9.47 Å². The minimum absolute atomic E-state index is 0.286. The zero-order chi connectivity index (χ0) is 15.1. The molecule has 0 spiro atoms. The van der Waals surface area contributed by atoms with E-state index < -0.39 is 0 Å². The van der Waals surface area contributed by atoms with Crippen molar-refractivity contribution in [1.82, 2.24) is 0 Å². The first-order chi connectivity index (χ1) is 10.2. The van der Waals surface area contributed by atoms with Crippen LogP contribution in [0.3, 0.4) is 0 Å². The number of hydrogen-bond donors (Lipinski definition) is 0. The van der Waals surface area contributed by atoms with E-state index in [1.165, 1.54) is 18.1 Å². The van der Waals surface area contributed by atoms with Crippen molar-refractivity contribution in [3.05, 3.63) is 59.7 Å². The Bertz CT molecular complexity index is 576. The Hall–Kier alpha value is -1.77. The zero-order valence-electron chi connectivity index (χ0n) is 12.2. The van der Waals surface area contributed by atoms with Crippen LogP contribution in [0.2, 0.25) is 0 Å². The molecule has 0 atom stereocenters. The summed E-state index contributed by atoms with van der Waals surface area (Å²) in [6.07, 6.45) is 0. The van der Waals surface area contributed by atoms with Crippen molar-refractivity contribution in [3.8, 4) is 11.5 Å². The van der Waals surface area contributed by atoms with Gasteiger partial charge in [-0.25, -0.2) is 0 Å². The molecule has 3 nitrogen and oxygen atoms in total. The second-order valence-electron chi connectivity index (χ2n) is 4.58. The summed E-state index contributed by atoms with van der Waals surface area (Å²) in [6, 6.07) is 16.0. The zero-order valence-corrected chi connectivity index (χ0v) is 13.9. The molecule has 0 radical (unpaired) electrons. The van der Waals surface area contributed by atoms with E-state index in [0.29, 0.717) is 20.7 Å². The summed E-state index contributed by atoms with van der Waals surface area (Å²) in [5.41, 5.74) is 2.62. The average molecular weight is 349 g/mol. The molecule has 0 aliphatic heterocycles. The van der Waals surface area contributed by atoms with Crippen molar-refractivity contribution in [1.29, 1.82) is 0 Å². The molecule has 0 unspecified atom stereocenters. The van der Waals surface area contributed by atoms with Crippen LogP contribution in [0.1, 0.15) is 18.1 Å². The SMILES string of the molecule is COc1ccc(C[Se]Cc2ccc(OC(C)=O)cc2)cc1. The van der Waals surface area contributed by atoms with Crippen LogP contribution in [0.15, 0.2) is 48.5 Å². The van der Waals surface area contributed by atoms with Gasteiger partial charge >= 0.3 is 131 Å². The number of esters is 1. The van der Waals surface area contributed by atoms with Crippen LogP contribution in [0.25, 0.3) is 0 Å². The van der Waals surface area contributed by atoms with Gasteiger partial charge in [-0.3, -0.25) is 0 Å². The standard InChI is InChI=1S/C17H18O3Se/c1-13(18)20-17-9-5-15(6-10-17)12-21-11-14-3-7-16(19-2)8-4-14/h3-10H,11-12H2,1-2H3. The summed E-state index contributed by atoms with van der Waals surface area (Å²) < 4.78 is 10.2. The van der Waals surface area contributed by atoms with Crippen molar-refractivity contribution in [2.75, 3.05) is 7.11 Å². The van der Waals surface area contributed by atoms with E-state index in [4.69, 9.17) is 9.47 Å². The third kappa shape index (κ3) is 5.25. The van der Waals surface area contributed by atoms with Gasteiger partial charge in [-0.2, -0.15) is 0 Å². The fraction of sp³-hybridized carbons (Fsp3) is 0.235. The molecule has 0 aliphatic rings. The molecule has 4 heteroatoms. The molecule has 0 bridgehead atoms. The average Bonchev–Trinajstić information content (AvgIpc) is 2.49. The van der Waals surface area contributed by atoms with Gasteiger partial charge in [0.2, 0.25) is 0 Å². The predicted octanol–water partition coefficient (Wildman–Crippen LogP) is 3.02. The normalized spacial score (nSPS) is 10.2. The third-order valence-electron chi connectivity index (χ3n) is 2.88. The van der Waals surface area contributed by atoms with Gasteiger partial charge in [-0.05, 0) is 0 Å². The molecule has 21 heavy (non-hydrogen) atoms. The minimum atomic E-state index is -0.286. The summed E-state index contributed by atoms with van der Waals surface area (Å²) in [5, 5.41) is 2.17. The van der Waals surface area contributed by atoms with Gasteiger partial charge < -0.3 is 0 Å². The first-order valence-electron chi connectivity index (χ1n) is 6.65. The molecular formula is C17H18O3Se. The van der Waals surface area contributed by atoms with Crippen molar-refractivity contribution >= 4 is 20.9 Å². The molecule has 0 aromatic heterocycles. The van der Waals surface area contributed by atoms with Gasteiger partial charge in [0.25, 0.3) is 0 Å². The number of methoxy groups -OCH3 is 1. The van der Waals surface area contributed by atoms with E-state index in [2.05, 4.69) is 12.1 Å². The predicted molar refractivity (Wildman–Crippen MR) is 83.9 cm³/mol. The van der Waals surface area contributed by atoms with E-state index in [1.54, 1.807) is 7.11 Å². The number of rotatable bonds is 6. The number of benzene rings is 2. The van der Waals surface area contributed by atoms with Crippen molar-refractivity contribution < 1.29 is 14.3 Å². The fourth-order valence-corrected chi connectivity index (χ4v) is 3.84. The Balaban J connectivity index is 1.81. The summed E-state index contributed by atoms with van der Waals surface area (Å²) in [6.45, 7) is 1.41. The number of carbonyl (C=O) groups is 1. The molecule has 0 aliphatic carbocycles. The van der Waals surface area contributed by atoms with Crippen LogP contribution in [-0.4, -0.2) is 28.0 Å². The Kier molecular flexibility index (Phi) is 5.85. The molecule has 2 rings (SSSR count). The summed E-state index contributed by atoms with van der Waals surface area (Å²) in [7, 11) is 1.68. The van der Waals surface area contributed by atoms with E-state index in [-0.39, 0.29) is 5.97 Å². The molecular weight excluding hydrogens is 331 g/mol. The summed E-state index contributed by atoms with van der Waals surface area (Å²) in [4.78, 5) is 10.8. The van der Waals surface area contributed by atoms with Crippen LogP contribution >= 0.6 is 0 Å². The molecule has 0 amide bonds. The number of ether oxygens (including phenoxy) is 2. The molecule has 0 heterocycles. The van der Waals surface area contributed by atoms with Crippen LogP contribution in [0.5, 0.6) is 11.5 Å². The van der Waals surface area contributed by atoms with E-state index in [9.17, 15) is 4.79 Å². The van der Waals surface area contributed by atoms with Crippen LogP contribution in [0, 0.1) is 0 Å². The quantitative estimate of drug-likeness (QED) is 0.457.